The van der Waals surface area contributed by atoms with Crippen LogP contribution in [0.5, 0.6) is 0 Å². The van der Waals surface area contributed by atoms with Gasteiger partial charge in [-0.25, -0.2) is 4.98 Å². The van der Waals surface area contributed by atoms with Crippen molar-refractivity contribution < 1.29 is 9.47 Å². The smallest absolute Gasteiger partial charge is 0.158 e. The molecule has 0 saturated carbocycles. The number of pyridine rings is 1. The number of hydrogen-bond acceptors (Lipinski definition) is 4. The van der Waals surface area contributed by atoms with E-state index < -0.39 is 0 Å². The van der Waals surface area contributed by atoms with Gasteiger partial charge in [-0.05, 0) is 43.5 Å². The monoisotopic (exact) mass is 405 g/mol. The maximum atomic E-state index is 6.10. The molecule has 3 heterocycles. The second-order valence-corrected chi connectivity index (χ2v) is 7.52. The summed E-state index contributed by atoms with van der Waals surface area (Å²) in [5, 5.41) is 1.12. The van der Waals surface area contributed by atoms with Crippen LogP contribution in [0.3, 0.4) is 0 Å². The van der Waals surface area contributed by atoms with Crippen molar-refractivity contribution in [3.63, 3.8) is 0 Å². The molecule has 4 rings (SSSR count). The molecule has 5 nitrogen and oxygen atoms in total. The molecule has 3 aromatic rings. The molecule has 0 amide bonds. The third kappa shape index (κ3) is 4.11. The third-order valence-corrected chi connectivity index (χ3v) is 5.61. The van der Waals surface area contributed by atoms with Crippen LogP contribution in [0.4, 0.5) is 0 Å². The lowest BCUT2D eigenvalue weighted by atomic mass is 10.1. The lowest BCUT2D eigenvalue weighted by Gasteiger charge is -2.15. The van der Waals surface area contributed by atoms with Crippen molar-refractivity contribution in [3.8, 4) is 0 Å². The zero-order chi connectivity index (χ0) is 18.8. The van der Waals surface area contributed by atoms with E-state index >= 15 is 0 Å². The van der Waals surface area contributed by atoms with Gasteiger partial charge in [0, 0.05) is 19.2 Å². The molecule has 1 fully saturated rings. The number of ether oxygens (including phenoxy) is 2. The maximum Gasteiger partial charge on any atom is 0.158 e. The summed E-state index contributed by atoms with van der Waals surface area (Å²) in [5.74, 6) is 0.995. The summed E-state index contributed by atoms with van der Waals surface area (Å²) < 4.78 is 14.2. The Hall–Kier alpha value is -1.66. The number of aromatic nitrogens is 3. The molecule has 27 heavy (non-hydrogen) atoms. The Morgan fingerprint density at radius 2 is 2.11 bits per heavy atom. The zero-order valence-electron chi connectivity index (χ0n) is 15.1. The van der Waals surface area contributed by atoms with Gasteiger partial charge in [-0.3, -0.25) is 4.98 Å². The first-order chi connectivity index (χ1) is 13.1. The van der Waals surface area contributed by atoms with Gasteiger partial charge in [0.05, 0.1) is 34.5 Å². The SMILES string of the molecule is Cc1nc2cnccc2n1CCCOC1CCC(c2ccc(Cl)c(Cl)c2)O1. The largest absolute Gasteiger partial charge is 0.353 e. The van der Waals surface area contributed by atoms with Gasteiger partial charge >= 0.3 is 0 Å². The van der Waals surface area contributed by atoms with Crippen LogP contribution in [0.1, 0.15) is 36.8 Å². The number of hydrogen-bond donors (Lipinski definition) is 0. The van der Waals surface area contributed by atoms with E-state index in [1.54, 1.807) is 12.4 Å². The Morgan fingerprint density at radius 3 is 2.96 bits per heavy atom. The number of aryl methyl sites for hydroxylation is 2. The highest BCUT2D eigenvalue weighted by Gasteiger charge is 2.27. The number of imidazole rings is 1. The molecule has 7 heteroatoms. The summed E-state index contributed by atoms with van der Waals surface area (Å²) >= 11 is 12.1. The van der Waals surface area contributed by atoms with Gasteiger partial charge in [0.15, 0.2) is 6.29 Å². The molecule has 1 aromatic carbocycles. The van der Waals surface area contributed by atoms with Gasteiger partial charge in [0.1, 0.15) is 11.3 Å². The van der Waals surface area contributed by atoms with Crippen LogP contribution < -0.4 is 0 Å². The van der Waals surface area contributed by atoms with E-state index in [2.05, 4.69) is 14.5 Å². The van der Waals surface area contributed by atoms with Gasteiger partial charge in [-0.2, -0.15) is 0 Å². The first kappa shape index (κ1) is 18.7. The van der Waals surface area contributed by atoms with Crippen molar-refractivity contribution in [1.82, 2.24) is 14.5 Å². The van der Waals surface area contributed by atoms with Crippen LogP contribution in [-0.2, 0) is 16.0 Å². The minimum Gasteiger partial charge on any atom is -0.353 e. The molecule has 0 bridgehead atoms. The van der Waals surface area contributed by atoms with Crippen molar-refractivity contribution in [3.05, 3.63) is 58.1 Å². The topological polar surface area (TPSA) is 49.2 Å². The molecular formula is C20H21Cl2N3O2. The summed E-state index contributed by atoms with van der Waals surface area (Å²) in [6.07, 6.45) is 6.12. The standard InChI is InChI=1S/C20H21Cl2N3O2/c1-13-24-17-12-23-8-7-18(17)25(13)9-2-10-26-20-6-5-19(27-20)14-3-4-15(21)16(22)11-14/h3-4,7-8,11-12,19-20H,2,5-6,9-10H2,1H3. The van der Waals surface area contributed by atoms with Crippen LogP contribution in [0.15, 0.2) is 36.7 Å². The molecule has 0 N–H and O–H groups in total. The van der Waals surface area contributed by atoms with Crippen molar-refractivity contribution in [1.29, 1.82) is 0 Å². The highest BCUT2D eigenvalue weighted by atomic mass is 35.5. The number of halogens is 2. The van der Waals surface area contributed by atoms with Crippen molar-refractivity contribution in [2.24, 2.45) is 0 Å². The highest BCUT2D eigenvalue weighted by Crippen LogP contribution is 2.35. The molecule has 0 aliphatic carbocycles. The van der Waals surface area contributed by atoms with Crippen molar-refractivity contribution in [2.45, 2.75) is 45.1 Å². The molecule has 1 aliphatic heterocycles. The van der Waals surface area contributed by atoms with E-state index in [9.17, 15) is 0 Å². The summed E-state index contributed by atoms with van der Waals surface area (Å²) in [6, 6.07) is 7.64. The Morgan fingerprint density at radius 1 is 1.22 bits per heavy atom. The Kier molecular flexibility index (Phi) is 5.64. The molecule has 1 saturated heterocycles. The Bertz CT molecular complexity index is 944. The molecule has 2 atom stereocenters. The predicted molar refractivity (Wildman–Crippen MR) is 106 cm³/mol. The molecule has 142 valence electrons. The van der Waals surface area contributed by atoms with Crippen LogP contribution in [0.2, 0.25) is 10.0 Å². The lowest BCUT2D eigenvalue weighted by molar-refractivity contribution is -0.135. The number of fused-ring (bicyclic) bond motifs is 1. The summed E-state index contributed by atoms with van der Waals surface area (Å²) in [4.78, 5) is 8.67. The molecular weight excluding hydrogens is 385 g/mol. The van der Waals surface area contributed by atoms with E-state index in [-0.39, 0.29) is 12.4 Å². The minimum atomic E-state index is -0.172. The van der Waals surface area contributed by atoms with Gasteiger partial charge in [0.25, 0.3) is 0 Å². The summed E-state index contributed by atoms with van der Waals surface area (Å²) in [7, 11) is 0. The second kappa shape index (κ2) is 8.15. The van der Waals surface area contributed by atoms with Gasteiger partial charge in [0.2, 0.25) is 0 Å². The van der Waals surface area contributed by atoms with E-state index in [4.69, 9.17) is 32.7 Å². The first-order valence-corrected chi connectivity index (χ1v) is 9.86. The van der Waals surface area contributed by atoms with Gasteiger partial charge in [-0.1, -0.05) is 29.3 Å². The van der Waals surface area contributed by atoms with Crippen LogP contribution in [0.25, 0.3) is 11.0 Å². The third-order valence-electron chi connectivity index (χ3n) is 4.87. The summed E-state index contributed by atoms with van der Waals surface area (Å²) in [6.45, 7) is 3.51. The highest BCUT2D eigenvalue weighted by molar-refractivity contribution is 6.42. The second-order valence-electron chi connectivity index (χ2n) is 6.70. The molecule has 0 radical (unpaired) electrons. The average Bonchev–Trinajstić information content (AvgIpc) is 3.25. The zero-order valence-corrected chi connectivity index (χ0v) is 16.6. The predicted octanol–water partition coefficient (Wildman–Crippen LogP) is 5.33. The van der Waals surface area contributed by atoms with E-state index in [0.29, 0.717) is 16.7 Å². The fraction of sp³-hybridized carbons (Fsp3) is 0.400. The molecule has 2 unspecified atom stereocenters. The fourth-order valence-corrected chi connectivity index (χ4v) is 3.82. The number of nitrogens with zero attached hydrogens (tertiary/aromatic N) is 3. The normalized spacial score (nSPS) is 19.8. The quantitative estimate of drug-likeness (QED) is 0.519. The van der Waals surface area contributed by atoms with Gasteiger partial charge < -0.3 is 14.0 Å². The van der Waals surface area contributed by atoms with E-state index in [0.717, 1.165) is 48.2 Å². The minimum absolute atomic E-state index is 0.0112. The first-order valence-electron chi connectivity index (χ1n) is 9.10. The lowest BCUT2D eigenvalue weighted by Crippen LogP contribution is -2.14. The molecule has 0 spiro atoms. The maximum absolute atomic E-state index is 6.10. The van der Waals surface area contributed by atoms with E-state index in [1.165, 1.54) is 0 Å². The van der Waals surface area contributed by atoms with Crippen LogP contribution in [0, 0.1) is 6.92 Å². The average molecular weight is 406 g/mol. The van der Waals surface area contributed by atoms with Crippen molar-refractivity contribution in [2.75, 3.05) is 6.61 Å². The van der Waals surface area contributed by atoms with Crippen LogP contribution in [-0.4, -0.2) is 27.4 Å². The Balaban J connectivity index is 1.27. The van der Waals surface area contributed by atoms with Gasteiger partial charge in [-0.15, -0.1) is 0 Å². The van der Waals surface area contributed by atoms with Crippen LogP contribution >= 0.6 is 23.2 Å². The number of rotatable bonds is 6. The fourth-order valence-electron chi connectivity index (χ4n) is 3.51. The molecule has 2 aromatic heterocycles. The Labute approximate surface area is 168 Å². The van der Waals surface area contributed by atoms with E-state index in [1.807, 2.05) is 31.2 Å². The summed E-state index contributed by atoms with van der Waals surface area (Å²) in [5.41, 5.74) is 3.09. The number of benzene rings is 1. The molecule has 1 aliphatic rings. The van der Waals surface area contributed by atoms with Crippen molar-refractivity contribution >= 4 is 34.2 Å².